The molecule has 0 saturated carbocycles. The zero-order valence-corrected chi connectivity index (χ0v) is 11.6. The number of aromatic carboxylic acids is 1. The smallest absolute Gasteiger partial charge is 0.363 e. The Hall–Kier alpha value is -2.49. The fourth-order valence-corrected chi connectivity index (χ4v) is 1.56. The van der Waals surface area contributed by atoms with Crippen LogP contribution in [-0.2, 0) is 9.53 Å². The molecule has 0 aliphatic heterocycles. The zero-order valence-electron chi connectivity index (χ0n) is 11.6. The van der Waals surface area contributed by atoms with Gasteiger partial charge in [0, 0.05) is 20.3 Å². The maximum absolute atomic E-state index is 11.8. The van der Waals surface area contributed by atoms with Crippen LogP contribution >= 0.6 is 0 Å². The predicted molar refractivity (Wildman–Crippen MR) is 70.1 cm³/mol. The zero-order chi connectivity index (χ0) is 16.0. The molecule has 10 heteroatoms. The highest BCUT2D eigenvalue weighted by Crippen LogP contribution is 2.19. The van der Waals surface area contributed by atoms with Crippen molar-refractivity contribution in [1.82, 2.24) is 15.1 Å². The summed E-state index contributed by atoms with van der Waals surface area (Å²) in [5.74, 6) is -1.94. The van der Waals surface area contributed by atoms with E-state index in [1.165, 1.54) is 6.92 Å². The summed E-state index contributed by atoms with van der Waals surface area (Å²) in [5, 5.41) is 25.8. The average Bonchev–Trinajstić information content (AvgIpc) is 2.88. The molecule has 0 radical (unpaired) electrons. The molecule has 1 aromatic rings. The van der Waals surface area contributed by atoms with Crippen LogP contribution in [0.2, 0.25) is 0 Å². The number of carbonyl (C=O) groups excluding carboxylic acids is 1. The Morgan fingerprint density at radius 1 is 1.62 bits per heavy atom. The number of carbonyl (C=O) groups is 2. The van der Waals surface area contributed by atoms with Crippen LogP contribution in [0.25, 0.3) is 0 Å². The molecular formula is C11H16N4O6. The van der Waals surface area contributed by atoms with Crippen LogP contribution in [0.1, 0.15) is 29.9 Å². The van der Waals surface area contributed by atoms with E-state index < -0.39 is 34.2 Å². The number of nitro groups is 1. The number of nitrogens with zero attached hydrogens (tertiary/aromatic N) is 3. The number of rotatable bonds is 8. The van der Waals surface area contributed by atoms with Gasteiger partial charge < -0.3 is 15.2 Å². The van der Waals surface area contributed by atoms with Crippen LogP contribution < -0.4 is 5.32 Å². The fraction of sp³-hybridized carbons (Fsp3) is 0.545. The molecule has 0 fully saturated rings. The van der Waals surface area contributed by atoms with Crippen molar-refractivity contribution in [2.45, 2.75) is 19.4 Å². The number of methoxy groups -OCH3 is 1. The van der Waals surface area contributed by atoms with Gasteiger partial charge in [-0.25, -0.2) is 4.79 Å². The number of hydrogen-bond donors (Lipinski definition) is 2. The molecule has 0 aromatic carbocycles. The van der Waals surface area contributed by atoms with E-state index in [9.17, 15) is 19.7 Å². The topological polar surface area (TPSA) is 137 Å². The predicted octanol–water partition coefficient (Wildman–Crippen LogP) is 0.203. The second-order valence-corrected chi connectivity index (χ2v) is 4.22. The summed E-state index contributed by atoms with van der Waals surface area (Å²) in [6, 6.07) is -0.862. The van der Waals surface area contributed by atoms with Gasteiger partial charge in [-0.15, -0.1) is 0 Å². The van der Waals surface area contributed by atoms with Crippen LogP contribution in [-0.4, -0.2) is 51.9 Å². The minimum Gasteiger partial charge on any atom is -0.476 e. The van der Waals surface area contributed by atoms with Crippen molar-refractivity contribution in [2.24, 2.45) is 0 Å². The maximum Gasteiger partial charge on any atom is 0.363 e. The van der Waals surface area contributed by atoms with Gasteiger partial charge in [-0.1, -0.05) is 0 Å². The van der Waals surface area contributed by atoms with Crippen molar-refractivity contribution in [3.05, 3.63) is 22.0 Å². The summed E-state index contributed by atoms with van der Waals surface area (Å²) in [4.78, 5) is 32.6. The van der Waals surface area contributed by atoms with Crippen LogP contribution in [0.15, 0.2) is 6.20 Å². The fourth-order valence-electron chi connectivity index (χ4n) is 1.56. The standard InChI is InChI=1S/C11H16N4O6/c1-7(10(16)12-4-3-5-21-2)14-6-8(15(19)20)9(13-14)11(17)18/h6-7H,3-5H2,1-2H3,(H,12,16)(H,17,18). The minimum absolute atomic E-state index is 0.381. The molecule has 1 amide bonds. The van der Waals surface area contributed by atoms with E-state index in [0.717, 1.165) is 10.9 Å². The van der Waals surface area contributed by atoms with Gasteiger partial charge in [0.15, 0.2) is 0 Å². The molecule has 0 aliphatic carbocycles. The van der Waals surface area contributed by atoms with Gasteiger partial charge in [0.1, 0.15) is 12.2 Å². The molecule has 0 spiro atoms. The first-order chi connectivity index (χ1) is 9.88. The van der Waals surface area contributed by atoms with Crippen LogP contribution in [0.5, 0.6) is 0 Å². The maximum atomic E-state index is 11.8. The van der Waals surface area contributed by atoms with E-state index in [-0.39, 0.29) is 0 Å². The lowest BCUT2D eigenvalue weighted by Crippen LogP contribution is -2.32. The first kappa shape index (κ1) is 16.6. The quantitative estimate of drug-likeness (QED) is 0.397. The lowest BCUT2D eigenvalue weighted by atomic mass is 10.3. The molecule has 1 aromatic heterocycles. The third kappa shape index (κ3) is 4.24. The Balaban J connectivity index is 2.80. The van der Waals surface area contributed by atoms with Crippen LogP contribution in [0.3, 0.4) is 0 Å². The van der Waals surface area contributed by atoms with Crippen LogP contribution in [0.4, 0.5) is 5.69 Å². The summed E-state index contributed by atoms with van der Waals surface area (Å²) < 4.78 is 5.80. The van der Waals surface area contributed by atoms with E-state index >= 15 is 0 Å². The first-order valence-corrected chi connectivity index (χ1v) is 6.12. The monoisotopic (exact) mass is 300 g/mol. The van der Waals surface area contributed by atoms with Gasteiger partial charge in [0.05, 0.1) is 4.92 Å². The van der Waals surface area contributed by atoms with Gasteiger partial charge in [-0.05, 0) is 13.3 Å². The normalized spacial score (nSPS) is 11.9. The number of amides is 1. The lowest BCUT2D eigenvalue weighted by molar-refractivity contribution is -0.385. The number of carboxylic acid groups (broad SMARTS) is 1. The highest BCUT2D eigenvalue weighted by atomic mass is 16.6. The first-order valence-electron chi connectivity index (χ1n) is 6.12. The molecule has 1 atom stereocenters. The van der Waals surface area contributed by atoms with Gasteiger partial charge in [-0.3, -0.25) is 19.6 Å². The number of ether oxygens (including phenoxy) is 1. The second-order valence-electron chi connectivity index (χ2n) is 4.22. The average molecular weight is 300 g/mol. The molecule has 10 nitrogen and oxygen atoms in total. The third-order valence-electron chi connectivity index (χ3n) is 2.71. The number of aromatic nitrogens is 2. The summed E-state index contributed by atoms with van der Waals surface area (Å²) in [5.41, 5.74) is -1.35. The highest BCUT2D eigenvalue weighted by molar-refractivity contribution is 5.90. The summed E-state index contributed by atoms with van der Waals surface area (Å²) in [7, 11) is 1.54. The van der Waals surface area contributed by atoms with Crippen molar-refractivity contribution < 1.29 is 24.4 Å². The Bertz CT molecular complexity index is 509. The second kappa shape index (κ2) is 7.33. The molecule has 116 valence electrons. The van der Waals surface area contributed by atoms with E-state index in [1.54, 1.807) is 7.11 Å². The molecule has 1 rings (SSSR count). The Morgan fingerprint density at radius 3 is 2.76 bits per heavy atom. The van der Waals surface area contributed by atoms with Crippen molar-refractivity contribution in [2.75, 3.05) is 20.3 Å². The lowest BCUT2D eigenvalue weighted by Gasteiger charge is -2.11. The molecular weight excluding hydrogens is 284 g/mol. The van der Waals surface area contributed by atoms with Gasteiger partial charge in [0.25, 0.3) is 0 Å². The van der Waals surface area contributed by atoms with Gasteiger partial charge >= 0.3 is 11.7 Å². The Labute approximate surface area is 119 Å². The molecule has 0 aliphatic rings. The number of nitrogens with one attached hydrogen (secondary N) is 1. The Morgan fingerprint density at radius 2 is 2.29 bits per heavy atom. The highest BCUT2D eigenvalue weighted by Gasteiger charge is 2.28. The minimum atomic E-state index is -1.52. The molecule has 1 heterocycles. The molecule has 0 saturated heterocycles. The van der Waals surface area contributed by atoms with E-state index in [1.807, 2.05) is 0 Å². The van der Waals surface area contributed by atoms with Crippen molar-refractivity contribution in [3.63, 3.8) is 0 Å². The number of carboxylic acids is 1. The molecule has 1 unspecified atom stereocenters. The molecule has 21 heavy (non-hydrogen) atoms. The molecule has 2 N–H and O–H groups in total. The largest absolute Gasteiger partial charge is 0.476 e. The van der Waals surface area contributed by atoms with Gasteiger partial charge in [-0.2, -0.15) is 5.10 Å². The SMILES string of the molecule is COCCCNC(=O)C(C)n1cc([N+](=O)[O-])c(C(=O)O)n1. The molecule has 0 bridgehead atoms. The van der Waals surface area contributed by atoms with Crippen molar-refractivity contribution >= 4 is 17.6 Å². The summed E-state index contributed by atoms with van der Waals surface area (Å²) >= 11 is 0. The van der Waals surface area contributed by atoms with E-state index in [4.69, 9.17) is 9.84 Å². The van der Waals surface area contributed by atoms with E-state index in [2.05, 4.69) is 10.4 Å². The summed E-state index contributed by atoms with van der Waals surface area (Å²) in [6.07, 6.45) is 1.55. The third-order valence-corrected chi connectivity index (χ3v) is 2.71. The van der Waals surface area contributed by atoms with Gasteiger partial charge in [0.2, 0.25) is 11.6 Å². The number of hydrogen-bond acceptors (Lipinski definition) is 6. The summed E-state index contributed by atoms with van der Waals surface area (Å²) in [6.45, 7) is 2.34. The van der Waals surface area contributed by atoms with E-state index in [0.29, 0.717) is 19.6 Å². The van der Waals surface area contributed by atoms with Crippen LogP contribution in [0, 0.1) is 10.1 Å². The van der Waals surface area contributed by atoms with Crippen molar-refractivity contribution in [1.29, 1.82) is 0 Å². The Kier molecular flexibility index (Phi) is 5.79. The van der Waals surface area contributed by atoms with Crippen molar-refractivity contribution in [3.8, 4) is 0 Å².